The highest BCUT2D eigenvalue weighted by Crippen LogP contribution is 2.45. The Labute approximate surface area is 221 Å². The molecule has 38 heavy (non-hydrogen) atoms. The Balaban J connectivity index is 1.46. The third-order valence-corrected chi connectivity index (χ3v) is 7.20. The van der Waals surface area contributed by atoms with Crippen LogP contribution in [0, 0.1) is 0 Å². The van der Waals surface area contributed by atoms with Crippen molar-refractivity contribution in [2.75, 3.05) is 33.8 Å². The molecule has 2 heterocycles. The number of anilines is 1. The summed E-state index contributed by atoms with van der Waals surface area (Å²) in [4.78, 5) is 22.3. The van der Waals surface area contributed by atoms with Gasteiger partial charge >= 0.3 is 0 Å². The van der Waals surface area contributed by atoms with Crippen LogP contribution in [-0.4, -0.2) is 62.3 Å². The average Bonchev–Trinajstić information content (AvgIpc) is 2.96. The number of benzene rings is 2. The topological polar surface area (TPSA) is 112 Å². The van der Waals surface area contributed by atoms with Gasteiger partial charge < -0.3 is 29.4 Å². The van der Waals surface area contributed by atoms with Gasteiger partial charge in [0.1, 0.15) is 5.69 Å². The Kier molecular flexibility index (Phi) is 7.20. The number of amides is 1. The summed E-state index contributed by atoms with van der Waals surface area (Å²) in [5, 5.41) is 13.2. The van der Waals surface area contributed by atoms with Crippen molar-refractivity contribution in [1.29, 1.82) is 0 Å². The van der Waals surface area contributed by atoms with Crippen molar-refractivity contribution >= 4 is 17.3 Å². The van der Waals surface area contributed by atoms with E-state index in [1.54, 1.807) is 38.5 Å². The summed E-state index contributed by atoms with van der Waals surface area (Å²) in [6.07, 6.45) is 1.85. The standard InChI is InChI=1S/C29H31N3O6/c1-35-24-14-19-20-13-18(33)9-10-22(20)30-27(21(19)15-25(24)36-2)16-5-7-17(8-6-16)28(34)31-23-11-12-26(37-3)32-29(23)38-4/h5-8,11-12,14-15,18,20,22,33H,9-10,13H2,1-4H3,(H,31,34)/t18-,20-,22-/m0/s1. The Morgan fingerprint density at radius 3 is 2.34 bits per heavy atom. The van der Waals surface area contributed by atoms with E-state index in [1.165, 1.54) is 14.2 Å². The Morgan fingerprint density at radius 1 is 0.921 bits per heavy atom. The van der Waals surface area contributed by atoms with E-state index in [9.17, 15) is 9.90 Å². The van der Waals surface area contributed by atoms with Crippen LogP contribution >= 0.6 is 0 Å². The van der Waals surface area contributed by atoms with Gasteiger partial charge in [-0.2, -0.15) is 4.98 Å². The van der Waals surface area contributed by atoms with Gasteiger partial charge in [0, 0.05) is 28.7 Å². The second kappa shape index (κ2) is 10.7. The molecule has 1 aliphatic carbocycles. The molecular formula is C29H31N3O6. The normalized spacial score (nSPS) is 19.9. The number of carbonyl (C=O) groups is 1. The summed E-state index contributed by atoms with van der Waals surface area (Å²) >= 11 is 0. The first-order valence-corrected chi connectivity index (χ1v) is 12.5. The minimum Gasteiger partial charge on any atom is -0.493 e. The van der Waals surface area contributed by atoms with E-state index in [0.717, 1.165) is 35.2 Å². The Bertz CT molecular complexity index is 1370. The largest absolute Gasteiger partial charge is 0.493 e. The van der Waals surface area contributed by atoms with Gasteiger partial charge in [0.15, 0.2) is 11.5 Å². The van der Waals surface area contributed by atoms with E-state index < -0.39 is 0 Å². The number of methoxy groups -OCH3 is 4. The lowest BCUT2D eigenvalue weighted by Crippen LogP contribution is -2.34. The number of ether oxygens (including phenoxy) is 4. The van der Waals surface area contributed by atoms with Crippen LogP contribution in [0.15, 0.2) is 53.5 Å². The molecule has 198 valence electrons. The number of aliphatic hydroxyl groups excluding tert-OH is 1. The molecule has 2 aromatic carbocycles. The van der Waals surface area contributed by atoms with Gasteiger partial charge in [-0.1, -0.05) is 12.1 Å². The lowest BCUT2D eigenvalue weighted by molar-refractivity contribution is 0.102. The molecule has 0 spiro atoms. The van der Waals surface area contributed by atoms with Crippen molar-refractivity contribution in [1.82, 2.24) is 4.98 Å². The number of rotatable bonds is 7. The molecule has 0 radical (unpaired) electrons. The highest BCUT2D eigenvalue weighted by molar-refractivity contribution is 6.15. The van der Waals surface area contributed by atoms with Crippen LogP contribution < -0.4 is 24.3 Å². The van der Waals surface area contributed by atoms with E-state index >= 15 is 0 Å². The summed E-state index contributed by atoms with van der Waals surface area (Å²) in [5.74, 6) is 1.74. The van der Waals surface area contributed by atoms with Crippen LogP contribution in [0.4, 0.5) is 5.69 Å². The van der Waals surface area contributed by atoms with E-state index in [4.69, 9.17) is 23.9 Å². The van der Waals surface area contributed by atoms with Gasteiger partial charge in [0.2, 0.25) is 11.8 Å². The summed E-state index contributed by atoms with van der Waals surface area (Å²) in [6, 6.07) is 14.7. The van der Waals surface area contributed by atoms with E-state index in [-0.39, 0.29) is 29.9 Å². The SMILES string of the molecule is COc1ccc(NC(=O)c2ccc(C3=N[C@H]4CC[C@H](O)C[C@H]4c4cc(OC)c(OC)cc43)cc2)c(OC)n1. The first-order chi connectivity index (χ1) is 18.4. The van der Waals surface area contributed by atoms with Gasteiger partial charge in [0.05, 0.1) is 46.3 Å². The van der Waals surface area contributed by atoms with Crippen molar-refractivity contribution < 1.29 is 28.8 Å². The number of nitrogens with one attached hydrogen (secondary N) is 1. The molecule has 9 nitrogen and oxygen atoms in total. The van der Waals surface area contributed by atoms with Crippen molar-refractivity contribution in [3.05, 3.63) is 70.8 Å². The lowest BCUT2D eigenvalue weighted by atomic mass is 9.74. The highest BCUT2D eigenvalue weighted by atomic mass is 16.5. The molecule has 1 aliphatic heterocycles. The minimum atomic E-state index is -0.341. The van der Waals surface area contributed by atoms with Crippen molar-refractivity contribution in [3.8, 4) is 23.3 Å². The Hall–Kier alpha value is -4.11. The molecule has 1 amide bonds. The molecule has 3 atom stereocenters. The Morgan fingerprint density at radius 2 is 1.66 bits per heavy atom. The summed E-state index contributed by atoms with van der Waals surface area (Å²) in [6.45, 7) is 0. The maximum Gasteiger partial charge on any atom is 0.255 e. The number of hydrogen-bond acceptors (Lipinski definition) is 8. The second-order valence-corrected chi connectivity index (χ2v) is 9.35. The quantitative estimate of drug-likeness (QED) is 0.483. The second-order valence-electron chi connectivity index (χ2n) is 9.35. The number of hydrogen-bond donors (Lipinski definition) is 2. The molecule has 1 saturated carbocycles. The summed E-state index contributed by atoms with van der Waals surface area (Å²) < 4.78 is 21.6. The third kappa shape index (κ3) is 4.77. The predicted octanol–water partition coefficient (Wildman–Crippen LogP) is 4.22. The smallest absolute Gasteiger partial charge is 0.255 e. The average molecular weight is 518 g/mol. The number of aliphatic hydroxyl groups is 1. The van der Waals surface area contributed by atoms with Crippen LogP contribution in [0.5, 0.6) is 23.3 Å². The predicted molar refractivity (Wildman–Crippen MR) is 143 cm³/mol. The highest BCUT2D eigenvalue weighted by Gasteiger charge is 2.37. The van der Waals surface area contributed by atoms with E-state index in [2.05, 4.69) is 10.3 Å². The van der Waals surface area contributed by atoms with Crippen molar-refractivity contribution in [2.24, 2.45) is 4.99 Å². The molecule has 0 bridgehead atoms. The molecule has 1 aromatic heterocycles. The zero-order chi connectivity index (χ0) is 26.8. The van der Waals surface area contributed by atoms with E-state index in [1.807, 2.05) is 24.3 Å². The molecule has 0 saturated heterocycles. The zero-order valence-corrected chi connectivity index (χ0v) is 21.9. The summed E-state index contributed by atoms with van der Waals surface area (Å²) in [5.41, 5.74) is 4.70. The fourth-order valence-electron chi connectivity index (χ4n) is 5.25. The number of nitrogens with zero attached hydrogens (tertiary/aromatic N) is 2. The molecule has 1 fully saturated rings. The molecule has 0 unspecified atom stereocenters. The van der Waals surface area contributed by atoms with Crippen LogP contribution in [0.3, 0.4) is 0 Å². The van der Waals surface area contributed by atoms with Gasteiger partial charge in [-0.05, 0) is 55.2 Å². The lowest BCUT2D eigenvalue weighted by Gasteiger charge is -2.37. The molecule has 5 rings (SSSR count). The van der Waals surface area contributed by atoms with Gasteiger partial charge in [-0.3, -0.25) is 9.79 Å². The maximum absolute atomic E-state index is 13.0. The maximum atomic E-state index is 13.0. The first kappa shape index (κ1) is 25.5. The van der Waals surface area contributed by atoms with Crippen molar-refractivity contribution in [3.63, 3.8) is 0 Å². The molecule has 2 N–H and O–H groups in total. The number of pyridine rings is 1. The first-order valence-electron chi connectivity index (χ1n) is 12.5. The van der Waals surface area contributed by atoms with Crippen LogP contribution in [0.25, 0.3) is 0 Å². The van der Waals surface area contributed by atoms with Gasteiger partial charge in [-0.15, -0.1) is 0 Å². The number of carbonyl (C=O) groups excluding carboxylic acids is 1. The van der Waals surface area contributed by atoms with Crippen LogP contribution in [0.1, 0.15) is 52.2 Å². The summed E-state index contributed by atoms with van der Waals surface area (Å²) in [7, 11) is 6.23. The zero-order valence-electron chi connectivity index (χ0n) is 21.9. The van der Waals surface area contributed by atoms with Gasteiger partial charge in [-0.25, -0.2) is 0 Å². The fraction of sp³-hybridized carbons (Fsp3) is 0.345. The molecule has 9 heteroatoms. The molecule has 2 aliphatic rings. The minimum absolute atomic E-state index is 0.0667. The fourth-order valence-corrected chi connectivity index (χ4v) is 5.25. The number of aliphatic imine (C=N–C) groups is 1. The molecule has 3 aromatic rings. The van der Waals surface area contributed by atoms with E-state index in [0.29, 0.717) is 35.1 Å². The molecular weight excluding hydrogens is 486 g/mol. The number of aromatic nitrogens is 1. The number of fused-ring (bicyclic) bond motifs is 3. The monoisotopic (exact) mass is 517 g/mol. The van der Waals surface area contributed by atoms with Crippen LogP contribution in [0.2, 0.25) is 0 Å². The van der Waals surface area contributed by atoms with Crippen molar-refractivity contribution in [2.45, 2.75) is 37.3 Å². The van der Waals surface area contributed by atoms with Gasteiger partial charge in [0.25, 0.3) is 5.91 Å². The third-order valence-electron chi connectivity index (χ3n) is 7.20. The van der Waals surface area contributed by atoms with Crippen LogP contribution in [-0.2, 0) is 0 Å².